The lowest BCUT2D eigenvalue weighted by Gasteiger charge is -2.12. The summed E-state index contributed by atoms with van der Waals surface area (Å²) in [7, 11) is 1.54. The SMILES string of the molecule is COc1cc(Cl)c(C)cc1NC(=O)Cc1noc2cc(C)cc(C)c12. The Balaban J connectivity index is 1.86. The minimum atomic E-state index is -0.199. The Hall–Kier alpha value is -2.53. The van der Waals surface area contributed by atoms with E-state index in [9.17, 15) is 4.79 Å². The van der Waals surface area contributed by atoms with Gasteiger partial charge in [-0.1, -0.05) is 22.8 Å². The van der Waals surface area contributed by atoms with Crippen molar-refractivity contribution in [3.8, 4) is 5.75 Å². The predicted molar refractivity (Wildman–Crippen MR) is 98.6 cm³/mol. The van der Waals surface area contributed by atoms with E-state index in [1.807, 2.05) is 32.9 Å². The van der Waals surface area contributed by atoms with Gasteiger partial charge in [-0.25, -0.2) is 0 Å². The van der Waals surface area contributed by atoms with Gasteiger partial charge in [0.15, 0.2) is 5.58 Å². The number of carbonyl (C=O) groups is 1. The first-order chi connectivity index (χ1) is 11.9. The third-order valence-corrected chi connectivity index (χ3v) is 4.48. The fraction of sp³-hybridized carbons (Fsp3) is 0.263. The Bertz CT molecular complexity index is 963. The van der Waals surface area contributed by atoms with Gasteiger partial charge in [0.2, 0.25) is 5.91 Å². The number of rotatable bonds is 4. The van der Waals surface area contributed by atoms with E-state index in [4.69, 9.17) is 20.9 Å². The zero-order valence-electron chi connectivity index (χ0n) is 14.6. The summed E-state index contributed by atoms with van der Waals surface area (Å²) in [5.41, 5.74) is 4.89. The quantitative estimate of drug-likeness (QED) is 0.740. The van der Waals surface area contributed by atoms with Crippen LogP contribution < -0.4 is 10.1 Å². The van der Waals surface area contributed by atoms with Crippen molar-refractivity contribution in [2.75, 3.05) is 12.4 Å². The second-order valence-electron chi connectivity index (χ2n) is 6.11. The highest BCUT2D eigenvalue weighted by atomic mass is 35.5. The van der Waals surface area contributed by atoms with Gasteiger partial charge in [0.05, 0.1) is 19.2 Å². The van der Waals surface area contributed by atoms with Crippen molar-refractivity contribution >= 4 is 34.2 Å². The zero-order chi connectivity index (χ0) is 18.1. The molecular formula is C19H19ClN2O3. The summed E-state index contributed by atoms with van der Waals surface area (Å²) in [6.45, 7) is 5.85. The van der Waals surface area contributed by atoms with Crippen LogP contribution in [0.4, 0.5) is 5.69 Å². The Morgan fingerprint density at radius 1 is 1.20 bits per heavy atom. The first kappa shape index (κ1) is 17.3. The molecule has 0 saturated carbocycles. The summed E-state index contributed by atoms with van der Waals surface area (Å²) in [5.74, 6) is 0.316. The van der Waals surface area contributed by atoms with Gasteiger partial charge in [-0.05, 0) is 49.6 Å². The molecule has 6 heteroatoms. The van der Waals surface area contributed by atoms with Crippen LogP contribution in [0.3, 0.4) is 0 Å². The number of amides is 1. The molecule has 1 N–H and O–H groups in total. The number of methoxy groups -OCH3 is 1. The van der Waals surface area contributed by atoms with Crippen molar-refractivity contribution in [3.05, 3.63) is 51.7 Å². The minimum absolute atomic E-state index is 0.113. The lowest BCUT2D eigenvalue weighted by atomic mass is 10.0. The van der Waals surface area contributed by atoms with Gasteiger partial charge in [0.1, 0.15) is 11.4 Å². The highest BCUT2D eigenvalue weighted by Crippen LogP contribution is 2.31. The highest BCUT2D eigenvalue weighted by molar-refractivity contribution is 6.31. The average molecular weight is 359 g/mol. The van der Waals surface area contributed by atoms with Crippen LogP contribution in [0.25, 0.3) is 11.0 Å². The van der Waals surface area contributed by atoms with E-state index in [2.05, 4.69) is 10.5 Å². The molecule has 1 aromatic heterocycles. The van der Waals surface area contributed by atoms with E-state index >= 15 is 0 Å². The Labute approximate surface area is 150 Å². The highest BCUT2D eigenvalue weighted by Gasteiger charge is 2.16. The largest absolute Gasteiger partial charge is 0.495 e. The summed E-state index contributed by atoms with van der Waals surface area (Å²) in [5, 5.41) is 8.40. The molecule has 0 saturated heterocycles. The molecule has 25 heavy (non-hydrogen) atoms. The number of anilines is 1. The molecule has 0 fully saturated rings. The first-order valence-electron chi connectivity index (χ1n) is 7.88. The van der Waals surface area contributed by atoms with Gasteiger partial charge in [-0.15, -0.1) is 0 Å². The number of fused-ring (bicyclic) bond motifs is 1. The van der Waals surface area contributed by atoms with Gasteiger partial charge in [0, 0.05) is 16.5 Å². The molecule has 0 unspecified atom stereocenters. The number of nitrogens with one attached hydrogen (secondary N) is 1. The number of halogens is 1. The van der Waals surface area contributed by atoms with Crippen molar-refractivity contribution in [1.29, 1.82) is 0 Å². The van der Waals surface area contributed by atoms with Crippen LogP contribution >= 0.6 is 11.6 Å². The molecule has 3 aromatic rings. The van der Waals surface area contributed by atoms with Crippen molar-refractivity contribution in [2.45, 2.75) is 27.2 Å². The maximum atomic E-state index is 12.5. The summed E-state index contributed by atoms with van der Waals surface area (Å²) in [6.07, 6.45) is 0.113. The summed E-state index contributed by atoms with van der Waals surface area (Å²) in [4.78, 5) is 12.5. The molecule has 0 bridgehead atoms. The molecule has 0 spiro atoms. The first-order valence-corrected chi connectivity index (χ1v) is 8.26. The van der Waals surface area contributed by atoms with Gasteiger partial charge in [-0.3, -0.25) is 4.79 Å². The molecule has 1 heterocycles. The number of carbonyl (C=O) groups excluding carboxylic acids is 1. The molecule has 3 rings (SSSR count). The van der Waals surface area contributed by atoms with Gasteiger partial charge >= 0.3 is 0 Å². The number of aromatic nitrogens is 1. The van der Waals surface area contributed by atoms with Gasteiger partial charge < -0.3 is 14.6 Å². The molecule has 1 amide bonds. The zero-order valence-corrected chi connectivity index (χ0v) is 15.3. The maximum Gasteiger partial charge on any atom is 0.230 e. The standard InChI is InChI=1S/C19H19ClN2O3/c1-10-5-12(3)19-15(22-25-17(19)6-10)9-18(23)21-14-7-11(2)13(20)8-16(14)24-4/h5-8H,9H2,1-4H3,(H,21,23). The van der Waals surface area contributed by atoms with Gasteiger partial charge in [0.25, 0.3) is 0 Å². The predicted octanol–water partition coefficient (Wildman–Crippen LogP) is 4.60. The van der Waals surface area contributed by atoms with E-state index in [0.717, 1.165) is 22.1 Å². The van der Waals surface area contributed by atoms with Crippen LogP contribution in [-0.4, -0.2) is 18.2 Å². The normalized spacial score (nSPS) is 10.9. The maximum absolute atomic E-state index is 12.5. The average Bonchev–Trinajstić information content (AvgIpc) is 2.93. The Kier molecular flexibility index (Phi) is 4.68. The van der Waals surface area contributed by atoms with Crippen LogP contribution in [0.2, 0.25) is 5.02 Å². The second-order valence-corrected chi connectivity index (χ2v) is 6.52. The number of benzene rings is 2. The fourth-order valence-corrected chi connectivity index (χ4v) is 3.07. The van der Waals surface area contributed by atoms with Crippen molar-refractivity contribution < 1.29 is 14.1 Å². The molecule has 0 aliphatic heterocycles. The topological polar surface area (TPSA) is 64.4 Å². The van der Waals surface area contributed by atoms with Crippen molar-refractivity contribution in [1.82, 2.24) is 5.16 Å². The van der Waals surface area contributed by atoms with E-state index in [-0.39, 0.29) is 12.3 Å². The van der Waals surface area contributed by atoms with Crippen LogP contribution in [0.1, 0.15) is 22.4 Å². The molecule has 5 nitrogen and oxygen atoms in total. The van der Waals surface area contributed by atoms with Crippen LogP contribution in [0.15, 0.2) is 28.8 Å². The molecule has 0 radical (unpaired) electrons. The number of ether oxygens (including phenoxy) is 1. The molecule has 0 atom stereocenters. The summed E-state index contributed by atoms with van der Waals surface area (Å²) < 4.78 is 10.7. The number of hydrogen-bond donors (Lipinski definition) is 1. The summed E-state index contributed by atoms with van der Waals surface area (Å²) in [6, 6.07) is 7.44. The lowest BCUT2D eigenvalue weighted by Crippen LogP contribution is -2.15. The molecule has 130 valence electrons. The van der Waals surface area contributed by atoms with Crippen LogP contribution in [0.5, 0.6) is 5.75 Å². The molecule has 0 aliphatic rings. The third kappa shape index (κ3) is 3.46. The van der Waals surface area contributed by atoms with Crippen LogP contribution in [-0.2, 0) is 11.2 Å². The Morgan fingerprint density at radius 2 is 1.96 bits per heavy atom. The van der Waals surface area contributed by atoms with E-state index in [0.29, 0.717) is 27.7 Å². The molecule has 2 aromatic carbocycles. The second kappa shape index (κ2) is 6.76. The van der Waals surface area contributed by atoms with Crippen molar-refractivity contribution in [3.63, 3.8) is 0 Å². The number of nitrogens with zero attached hydrogens (tertiary/aromatic N) is 1. The van der Waals surface area contributed by atoms with E-state index in [1.54, 1.807) is 12.1 Å². The molecule has 0 aliphatic carbocycles. The van der Waals surface area contributed by atoms with E-state index < -0.39 is 0 Å². The third-order valence-electron chi connectivity index (χ3n) is 4.07. The fourth-order valence-electron chi connectivity index (χ4n) is 2.92. The smallest absolute Gasteiger partial charge is 0.230 e. The summed E-state index contributed by atoms with van der Waals surface area (Å²) >= 11 is 6.10. The number of aryl methyl sites for hydroxylation is 3. The monoisotopic (exact) mass is 358 g/mol. The Morgan fingerprint density at radius 3 is 2.68 bits per heavy atom. The minimum Gasteiger partial charge on any atom is -0.495 e. The molecular weight excluding hydrogens is 340 g/mol. The van der Waals surface area contributed by atoms with Gasteiger partial charge in [-0.2, -0.15) is 0 Å². The number of hydrogen-bond acceptors (Lipinski definition) is 4. The van der Waals surface area contributed by atoms with Crippen LogP contribution in [0, 0.1) is 20.8 Å². The lowest BCUT2D eigenvalue weighted by molar-refractivity contribution is -0.115. The van der Waals surface area contributed by atoms with E-state index in [1.165, 1.54) is 7.11 Å². The van der Waals surface area contributed by atoms with Crippen molar-refractivity contribution in [2.24, 2.45) is 0 Å².